The van der Waals surface area contributed by atoms with Gasteiger partial charge in [-0.05, 0) is 24.2 Å². The molecule has 0 spiro atoms. The molecule has 2 aliphatic carbocycles. The maximum absolute atomic E-state index is 11.5. The third-order valence-electron chi connectivity index (χ3n) is 3.95. The Labute approximate surface area is 83.7 Å². The zero-order valence-electron chi connectivity index (χ0n) is 8.35. The van der Waals surface area contributed by atoms with E-state index in [-0.39, 0.29) is 6.09 Å². The normalized spacial score (nSPS) is 44.9. The standard InChI is InChI=1S/C11H15NO2/c1-7-8-2-3-9(6-8)10(7)12-4-5-14-11(12)13/h2-3,7-10H,4-6H2,1H3/t7-,8+,9-,10+/m0/s1. The number of nitrogens with zero attached hydrogens (tertiary/aromatic N) is 1. The Morgan fingerprint density at radius 3 is 2.79 bits per heavy atom. The van der Waals surface area contributed by atoms with Gasteiger partial charge in [-0.3, -0.25) is 0 Å². The van der Waals surface area contributed by atoms with Gasteiger partial charge in [0.2, 0.25) is 0 Å². The molecule has 0 aromatic heterocycles. The summed E-state index contributed by atoms with van der Waals surface area (Å²) in [5, 5.41) is 0. The smallest absolute Gasteiger partial charge is 0.410 e. The number of fused-ring (bicyclic) bond motifs is 2. The molecule has 76 valence electrons. The second-order valence-corrected chi connectivity index (χ2v) is 4.61. The van der Waals surface area contributed by atoms with Gasteiger partial charge in [0.1, 0.15) is 6.61 Å². The number of allylic oxidation sites excluding steroid dienone is 1. The van der Waals surface area contributed by atoms with E-state index in [2.05, 4.69) is 19.1 Å². The van der Waals surface area contributed by atoms with E-state index in [9.17, 15) is 4.79 Å². The minimum absolute atomic E-state index is 0.109. The van der Waals surface area contributed by atoms with Gasteiger partial charge in [-0.25, -0.2) is 4.79 Å². The largest absolute Gasteiger partial charge is 0.448 e. The molecular formula is C11H15NO2. The third-order valence-corrected chi connectivity index (χ3v) is 3.95. The Kier molecular flexibility index (Phi) is 1.64. The van der Waals surface area contributed by atoms with Crippen LogP contribution in [0.25, 0.3) is 0 Å². The lowest BCUT2D eigenvalue weighted by Crippen LogP contribution is -2.42. The zero-order valence-corrected chi connectivity index (χ0v) is 8.35. The van der Waals surface area contributed by atoms with Crippen LogP contribution in [0.2, 0.25) is 0 Å². The van der Waals surface area contributed by atoms with Crippen LogP contribution in [-0.2, 0) is 4.74 Å². The molecule has 0 unspecified atom stereocenters. The molecule has 3 aliphatic rings. The summed E-state index contributed by atoms with van der Waals surface area (Å²) >= 11 is 0. The highest BCUT2D eigenvalue weighted by Crippen LogP contribution is 2.46. The highest BCUT2D eigenvalue weighted by atomic mass is 16.6. The van der Waals surface area contributed by atoms with E-state index in [1.807, 2.05) is 4.90 Å². The monoisotopic (exact) mass is 193 g/mol. The first-order chi connectivity index (χ1) is 6.77. The zero-order chi connectivity index (χ0) is 9.71. The van der Waals surface area contributed by atoms with E-state index in [1.54, 1.807) is 0 Å². The van der Waals surface area contributed by atoms with Crippen molar-refractivity contribution in [2.75, 3.05) is 13.2 Å². The molecule has 0 aromatic carbocycles. The fourth-order valence-electron chi connectivity index (χ4n) is 3.23. The molecule has 4 atom stereocenters. The molecule has 0 N–H and O–H groups in total. The van der Waals surface area contributed by atoms with Crippen LogP contribution >= 0.6 is 0 Å². The van der Waals surface area contributed by atoms with Crippen LogP contribution in [0.15, 0.2) is 12.2 Å². The molecule has 1 aliphatic heterocycles. The average Bonchev–Trinajstić information content (AvgIpc) is 2.81. The van der Waals surface area contributed by atoms with Crippen molar-refractivity contribution in [2.24, 2.45) is 17.8 Å². The lowest BCUT2D eigenvalue weighted by Gasteiger charge is -2.31. The van der Waals surface area contributed by atoms with Gasteiger partial charge >= 0.3 is 6.09 Å². The first-order valence-electron chi connectivity index (χ1n) is 5.39. The highest BCUT2D eigenvalue weighted by molar-refractivity contribution is 5.70. The molecule has 3 rings (SSSR count). The summed E-state index contributed by atoms with van der Waals surface area (Å²) in [7, 11) is 0. The van der Waals surface area contributed by atoms with Crippen molar-refractivity contribution in [1.29, 1.82) is 0 Å². The molecule has 1 saturated carbocycles. The third kappa shape index (κ3) is 0.954. The van der Waals surface area contributed by atoms with Gasteiger partial charge in [-0.1, -0.05) is 19.1 Å². The molecule has 0 radical (unpaired) electrons. The van der Waals surface area contributed by atoms with Gasteiger partial charge in [-0.2, -0.15) is 0 Å². The van der Waals surface area contributed by atoms with Gasteiger partial charge in [-0.15, -0.1) is 0 Å². The number of ether oxygens (including phenoxy) is 1. The summed E-state index contributed by atoms with van der Waals surface area (Å²) in [6, 6.07) is 0.403. The number of hydrogen-bond acceptors (Lipinski definition) is 2. The summed E-state index contributed by atoms with van der Waals surface area (Å²) in [6.07, 6.45) is 5.71. The van der Waals surface area contributed by atoms with Crippen molar-refractivity contribution >= 4 is 6.09 Å². The maximum Gasteiger partial charge on any atom is 0.410 e. The number of carbonyl (C=O) groups excluding carboxylic acids is 1. The fourth-order valence-corrected chi connectivity index (χ4v) is 3.23. The van der Waals surface area contributed by atoms with Crippen LogP contribution < -0.4 is 0 Å². The number of rotatable bonds is 1. The van der Waals surface area contributed by atoms with Crippen LogP contribution in [0.1, 0.15) is 13.3 Å². The first-order valence-corrected chi connectivity index (χ1v) is 5.39. The number of carbonyl (C=O) groups is 1. The van der Waals surface area contributed by atoms with E-state index in [4.69, 9.17) is 4.74 Å². The molecule has 1 heterocycles. The predicted molar refractivity (Wildman–Crippen MR) is 51.7 cm³/mol. The minimum atomic E-state index is -0.109. The van der Waals surface area contributed by atoms with Crippen molar-refractivity contribution in [3.05, 3.63) is 12.2 Å². The van der Waals surface area contributed by atoms with Crippen LogP contribution in [0.3, 0.4) is 0 Å². The summed E-state index contributed by atoms with van der Waals surface area (Å²) in [5.41, 5.74) is 0. The molecule has 2 fully saturated rings. The fraction of sp³-hybridized carbons (Fsp3) is 0.727. The van der Waals surface area contributed by atoms with Gasteiger partial charge in [0, 0.05) is 6.04 Å². The van der Waals surface area contributed by atoms with Crippen molar-refractivity contribution in [1.82, 2.24) is 4.90 Å². The summed E-state index contributed by atoms with van der Waals surface area (Å²) < 4.78 is 5.00. The molecular weight excluding hydrogens is 178 g/mol. The van der Waals surface area contributed by atoms with Crippen molar-refractivity contribution < 1.29 is 9.53 Å². The first kappa shape index (κ1) is 8.33. The number of amides is 1. The van der Waals surface area contributed by atoms with E-state index >= 15 is 0 Å². The van der Waals surface area contributed by atoms with Crippen LogP contribution in [0.5, 0.6) is 0 Å². The van der Waals surface area contributed by atoms with E-state index in [1.165, 1.54) is 6.42 Å². The Hall–Kier alpha value is -0.990. The van der Waals surface area contributed by atoms with Crippen LogP contribution in [-0.4, -0.2) is 30.2 Å². The second-order valence-electron chi connectivity index (χ2n) is 4.61. The van der Waals surface area contributed by atoms with E-state index in [0.717, 1.165) is 6.54 Å². The average molecular weight is 193 g/mol. The topological polar surface area (TPSA) is 29.5 Å². The summed E-state index contributed by atoms with van der Waals surface area (Å²) in [6.45, 7) is 3.61. The molecule has 1 amide bonds. The lowest BCUT2D eigenvalue weighted by molar-refractivity contribution is 0.132. The molecule has 3 nitrogen and oxygen atoms in total. The lowest BCUT2D eigenvalue weighted by atomic mass is 9.90. The van der Waals surface area contributed by atoms with Gasteiger partial charge in [0.25, 0.3) is 0 Å². The quantitative estimate of drug-likeness (QED) is 0.592. The molecule has 0 aromatic rings. The highest BCUT2D eigenvalue weighted by Gasteiger charge is 2.47. The maximum atomic E-state index is 11.5. The Balaban J connectivity index is 1.85. The Morgan fingerprint density at radius 2 is 2.21 bits per heavy atom. The summed E-state index contributed by atoms with van der Waals surface area (Å²) in [5.74, 6) is 1.88. The Morgan fingerprint density at radius 1 is 1.43 bits per heavy atom. The molecule has 1 saturated heterocycles. The van der Waals surface area contributed by atoms with Crippen LogP contribution in [0, 0.1) is 17.8 Å². The molecule has 14 heavy (non-hydrogen) atoms. The van der Waals surface area contributed by atoms with E-state index < -0.39 is 0 Å². The van der Waals surface area contributed by atoms with Crippen LogP contribution in [0.4, 0.5) is 4.79 Å². The predicted octanol–water partition coefficient (Wildman–Crippen LogP) is 1.65. The molecule has 2 bridgehead atoms. The van der Waals surface area contributed by atoms with Gasteiger partial charge in [0.15, 0.2) is 0 Å². The number of cyclic esters (lactones) is 1. The van der Waals surface area contributed by atoms with Crippen molar-refractivity contribution in [3.8, 4) is 0 Å². The van der Waals surface area contributed by atoms with Crippen molar-refractivity contribution in [3.63, 3.8) is 0 Å². The SMILES string of the molecule is C[C@@H]1[C@@H](N2CCOC2=O)[C@H]2C=C[C@@H]1C2. The minimum Gasteiger partial charge on any atom is -0.448 e. The Bertz CT molecular complexity index is 300. The number of hydrogen-bond donors (Lipinski definition) is 0. The summed E-state index contributed by atoms with van der Waals surface area (Å²) in [4.78, 5) is 13.4. The van der Waals surface area contributed by atoms with Gasteiger partial charge in [0.05, 0.1) is 6.54 Å². The second kappa shape index (κ2) is 2.75. The van der Waals surface area contributed by atoms with E-state index in [0.29, 0.717) is 30.4 Å². The molecule has 3 heteroatoms. The van der Waals surface area contributed by atoms with Crippen molar-refractivity contribution in [2.45, 2.75) is 19.4 Å². The van der Waals surface area contributed by atoms with Gasteiger partial charge < -0.3 is 9.64 Å².